The summed E-state index contributed by atoms with van der Waals surface area (Å²) in [5.74, 6) is 1.42. The van der Waals surface area contributed by atoms with E-state index in [-0.39, 0.29) is 18.6 Å². The Labute approximate surface area is 152 Å². The van der Waals surface area contributed by atoms with Gasteiger partial charge in [-0.3, -0.25) is 4.79 Å². The van der Waals surface area contributed by atoms with Gasteiger partial charge in [0.25, 0.3) is 0 Å². The molecule has 2 aliphatic heterocycles. The Bertz CT molecular complexity index is 813. The van der Waals surface area contributed by atoms with E-state index in [1.807, 2.05) is 38.2 Å². The molecule has 0 aliphatic carbocycles. The van der Waals surface area contributed by atoms with Crippen LogP contribution in [0.3, 0.4) is 0 Å². The summed E-state index contributed by atoms with van der Waals surface area (Å²) in [6.07, 6.45) is 0.582. The van der Waals surface area contributed by atoms with Gasteiger partial charge in [0.1, 0.15) is 18.5 Å². The first-order valence-corrected chi connectivity index (χ1v) is 8.87. The molecule has 3 heterocycles. The highest BCUT2D eigenvalue weighted by Crippen LogP contribution is 2.37. The van der Waals surface area contributed by atoms with Crippen molar-refractivity contribution in [1.82, 2.24) is 15.3 Å². The van der Waals surface area contributed by atoms with Gasteiger partial charge in [-0.25, -0.2) is 4.98 Å². The Morgan fingerprint density at radius 1 is 1.31 bits per heavy atom. The first kappa shape index (κ1) is 16.8. The summed E-state index contributed by atoms with van der Waals surface area (Å²) in [5.41, 5.74) is 1.50. The Morgan fingerprint density at radius 3 is 2.88 bits per heavy atom. The first-order valence-electron chi connectivity index (χ1n) is 8.87. The van der Waals surface area contributed by atoms with Gasteiger partial charge in [0, 0.05) is 31.9 Å². The third-order valence-corrected chi connectivity index (χ3v) is 5.16. The number of nitrogens with one attached hydrogen (secondary N) is 2. The number of fused-ring (bicyclic) bond motifs is 1. The molecule has 0 unspecified atom stereocenters. The largest absolute Gasteiger partial charge is 0.373 e. The molecular weight excluding hydrogens is 330 g/mol. The number of aromatic nitrogens is 2. The van der Waals surface area contributed by atoms with Gasteiger partial charge in [0.2, 0.25) is 11.9 Å². The second-order valence-electron chi connectivity index (χ2n) is 6.83. The van der Waals surface area contributed by atoms with E-state index in [2.05, 4.69) is 37.6 Å². The van der Waals surface area contributed by atoms with Crippen molar-refractivity contribution in [3.8, 4) is 0 Å². The maximum absolute atomic E-state index is 12.1. The van der Waals surface area contributed by atoms with Crippen LogP contribution in [0.1, 0.15) is 17.7 Å². The molecule has 0 bridgehead atoms. The number of aryl methyl sites for hydroxylation is 1. The molecule has 2 N–H and O–H groups in total. The summed E-state index contributed by atoms with van der Waals surface area (Å²) in [7, 11) is 1.85. The van der Waals surface area contributed by atoms with Crippen LogP contribution >= 0.6 is 0 Å². The molecule has 0 saturated carbocycles. The topological polar surface area (TPSA) is 79.4 Å². The molecule has 4 rings (SSSR count). The van der Waals surface area contributed by atoms with Gasteiger partial charge in [-0.05, 0) is 18.9 Å². The molecular formula is C19H23N5O2. The smallest absolute Gasteiger partial charge is 0.246 e. The number of nitrogens with zero attached hydrogens (tertiary/aromatic N) is 3. The molecule has 2 atom stereocenters. The number of carbonyl (C=O) groups excluding carboxylic acids is 1. The number of benzene rings is 1. The second kappa shape index (κ2) is 6.57. The minimum Gasteiger partial charge on any atom is -0.373 e. The summed E-state index contributed by atoms with van der Waals surface area (Å²) in [4.78, 5) is 23.4. The molecule has 2 saturated heterocycles. The molecule has 7 nitrogen and oxygen atoms in total. The summed E-state index contributed by atoms with van der Waals surface area (Å²) in [5, 5.41) is 6.29. The van der Waals surface area contributed by atoms with Crippen LogP contribution < -0.4 is 15.5 Å². The van der Waals surface area contributed by atoms with Crippen LogP contribution in [0.4, 0.5) is 11.8 Å². The number of morpholine rings is 1. The van der Waals surface area contributed by atoms with Crippen molar-refractivity contribution >= 4 is 17.7 Å². The molecule has 1 aromatic carbocycles. The molecule has 2 aliphatic rings. The summed E-state index contributed by atoms with van der Waals surface area (Å²) in [6.45, 7) is 3.41. The molecule has 1 amide bonds. The van der Waals surface area contributed by atoms with Crippen LogP contribution in [0.2, 0.25) is 0 Å². The predicted octanol–water partition coefficient (Wildman–Crippen LogP) is 1.45. The zero-order valence-electron chi connectivity index (χ0n) is 15.0. The van der Waals surface area contributed by atoms with Crippen LogP contribution in [-0.2, 0) is 15.1 Å². The van der Waals surface area contributed by atoms with Gasteiger partial charge in [0.05, 0.1) is 5.54 Å². The third-order valence-electron chi connectivity index (χ3n) is 5.16. The molecule has 26 heavy (non-hydrogen) atoms. The van der Waals surface area contributed by atoms with Gasteiger partial charge in [-0.1, -0.05) is 30.3 Å². The van der Waals surface area contributed by atoms with E-state index < -0.39 is 5.54 Å². The van der Waals surface area contributed by atoms with Gasteiger partial charge in [-0.15, -0.1) is 0 Å². The van der Waals surface area contributed by atoms with Crippen molar-refractivity contribution in [1.29, 1.82) is 0 Å². The predicted molar refractivity (Wildman–Crippen MR) is 99.1 cm³/mol. The zero-order valence-corrected chi connectivity index (χ0v) is 15.0. The molecule has 2 aromatic rings. The lowest BCUT2D eigenvalue weighted by Crippen LogP contribution is -2.66. The average molecular weight is 353 g/mol. The normalized spacial score (nSPS) is 25.4. The number of ether oxygens (including phenoxy) is 1. The quantitative estimate of drug-likeness (QED) is 0.869. The van der Waals surface area contributed by atoms with E-state index in [1.54, 1.807) is 0 Å². The number of rotatable bonds is 3. The number of hydrogen-bond acceptors (Lipinski definition) is 6. The van der Waals surface area contributed by atoms with Gasteiger partial charge >= 0.3 is 0 Å². The van der Waals surface area contributed by atoms with E-state index in [0.29, 0.717) is 12.5 Å². The Balaban J connectivity index is 1.65. The highest BCUT2D eigenvalue weighted by Gasteiger charge is 2.49. The molecule has 0 spiro atoms. The van der Waals surface area contributed by atoms with Crippen molar-refractivity contribution in [2.45, 2.75) is 25.0 Å². The van der Waals surface area contributed by atoms with Crippen molar-refractivity contribution in [2.75, 3.05) is 37.0 Å². The lowest BCUT2D eigenvalue weighted by molar-refractivity contribution is -0.146. The molecule has 1 aromatic heterocycles. The van der Waals surface area contributed by atoms with Gasteiger partial charge in [0.15, 0.2) is 0 Å². The summed E-state index contributed by atoms with van der Waals surface area (Å²) in [6, 6.07) is 12.0. The summed E-state index contributed by atoms with van der Waals surface area (Å²) >= 11 is 0. The van der Waals surface area contributed by atoms with Gasteiger partial charge < -0.3 is 20.3 Å². The highest BCUT2D eigenvalue weighted by molar-refractivity contribution is 5.79. The molecule has 136 valence electrons. The van der Waals surface area contributed by atoms with Crippen molar-refractivity contribution in [3.05, 3.63) is 47.7 Å². The minimum absolute atomic E-state index is 0.0668. The van der Waals surface area contributed by atoms with Crippen molar-refractivity contribution < 1.29 is 9.53 Å². The average Bonchev–Trinajstić information content (AvgIpc) is 2.67. The second-order valence-corrected chi connectivity index (χ2v) is 6.83. The standard InChI is InChI=1S/C19H23N5O2/c1-13-10-16(20-2)22-18(21-13)24-9-8-19(14-6-4-3-5-7-14)15(11-24)26-12-17(25)23-19/h3-7,10,15H,8-9,11-12H2,1-2H3,(H,23,25)(H,20,21,22)/t15-,19+/m1/s1. The summed E-state index contributed by atoms with van der Waals surface area (Å²) < 4.78 is 5.97. The monoisotopic (exact) mass is 353 g/mol. The lowest BCUT2D eigenvalue weighted by Gasteiger charge is -2.50. The van der Waals surface area contributed by atoms with Crippen LogP contribution in [-0.4, -0.2) is 48.7 Å². The van der Waals surface area contributed by atoms with E-state index in [9.17, 15) is 4.79 Å². The van der Waals surface area contributed by atoms with E-state index in [0.717, 1.165) is 30.0 Å². The SMILES string of the molecule is CNc1cc(C)nc(N2CC[C@@]3(c4ccccc4)NC(=O)CO[C@@H]3C2)n1. The highest BCUT2D eigenvalue weighted by atomic mass is 16.5. The fraction of sp³-hybridized carbons (Fsp3) is 0.421. The van der Waals surface area contributed by atoms with E-state index >= 15 is 0 Å². The number of piperidine rings is 1. The van der Waals surface area contributed by atoms with Crippen LogP contribution in [0.15, 0.2) is 36.4 Å². The maximum atomic E-state index is 12.1. The van der Waals surface area contributed by atoms with Crippen molar-refractivity contribution in [3.63, 3.8) is 0 Å². The Hall–Kier alpha value is -2.67. The van der Waals surface area contributed by atoms with Crippen LogP contribution in [0.25, 0.3) is 0 Å². The molecule has 2 fully saturated rings. The third kappa shape index (κ3) is 2.88. The molecule has 0 radical (unpaired) electrons. The van der Waals surface area contributed by atoms with Crippen LogP contribution in [0, 0.1) is 6.92 Å². The number of anilines is 2. The van der Waals surface area contributed by atoms with E-state index in [4.69, 9.17) is 4.74 Å². The maximum Gasteiger partial charge on any atom is 0.246 e. The Kier molecular flexibility index (Phi) is 4.24. The van der Waals surface area contributed by atoms with E-state index in [1.165, 1.54) is 0 Å². The van der Waals surface area contributed by atoms with Crippen LogP contribution in [0.5, 0.6) is 0 Å². The van der Waals surface area contributed by atoms with Crippen molar-refractivity contribution in [2.24, 2.45) is 0 Å². The Morgan fingerprint density at radius 2 is 2.12 bits per heavy atom. The zero-order chi connectivity index (χ0) is 18.1. The number of carbonyl (C=O) groups is 1. The first-order chi connectivity index (χ1) is 12.6. The fourth-order valence-electron chi connectivity index (χ4n) is 3.86. The number of hydrogen-bond donors (Lipinski definition) is 2. The molecule has 7 heteroatoms. The number of amides is 1. The fourth-order valence-corrected chi connectivity index (χ4v) is 3.86. The minimum atomic E-state index is -0.497. The lowest BCUT2D eigenvalue weighted by atomic mass is 9.77. The van der Waals surface area contributed by atoms with Gasteiger partial charge in [-0.2, -0.15) is 4.98 Å².